The van der Waals surface area contributed by atoms with E-state index in [9.17, 15) is 13.6 Å². The monoisotopic (exact) mass is 164 g/mol. The summed E-state index contributed by atoms with van der Waals surface area (Å²) in [5.41, 5.74) is -1.50. The molecule has 4 heteroatoms. The number of carbonyl (C=O) groups excluding carboxylic acids is 1. The Labute approximate surface area is 63.5 Å². The van der Waals surface area contributed by atoms with Gasteiger partial charge in [0.15, 0.2) is 0 Å². The van der Waals surface area contributed by atoms with Crippen molar-refractivity contribution in [3.8, 4) is 0 Å². The molecule has 0 bridgehead atoms. The van der Waals surface area contributed by atoms with Crippen molar-refractivity contribution < 1.29 is 18.3 Å². The van der Waals surface area contributed by atoms with Gasteiger partial charge in [-0.25, -0.2) is 8.78 Å². The molecule has 0 heterocycles. The van der Waals surface area contributed by atoms with Gasteiger partial charge >= 0.3 is 5.97 Å². The van der Waals surface area contributed by atoms with E-state index in [0.29, 0.717) is 0 Å². The Bertz CT molecular complexity index is 179. The van der Waals surface area contributed by atoms with E-state index in [1.807, 2.05) is 0 Å². The lowest BCUT2D eigenvalue weighted by molar-refractivity contribution is -0.162. The summed E-state index contributed by atoms with van der Waals surface area (Å²) in [7, 11) is 1.13. The highest BCUT2D eigenvalue weighted by atomic mass is 19.3. The van der Waals surface area contributed by atoms with Gasteiger partial charge in [-0.15, -0.1) is 0 Å². The maximum Gasteiger partial charge on any atom is 0.317 e. The van der Waals surface area contributed by atoms with Crippen LogP contribution in [0.2, 0.25) is 0 Å². The molecule has 0 aromatic rings. The highest BCUT2D eigenvalue weighted by Gasteiger charge is 2.65. The van der Waals surface area contributed by atoms with Gasteiger partial charge in [0, 0.05) is 6.92 Å². The van der Waals surface area contributed by atoms with Gasteiger partial charge in [0.25, 0.3) is 5.92 Å². The van der Waals surface area contributed by atoms with Gasteiger partial charge in [0.1, 0.15) is 5.41 Å². The van der Waals surface area contributed by atoms with Crippen LogP contribution in [0.4, 0.5) is 8.78 Å². The third-order valence-electron chi connectivity index (χ3n) is 2.17. The predicted molar refractivity (Wildman–Crippen MR) is 34.3 cm³/mol. The molecule has 1 aliphatic rings. The minimum Gasteiger partial charge on any atom is -0.468 e. The van der Waals surface area contributed by atoms with Crippen LogP contribution in [-0.2, 0) is 9.53 Å². The average molecular weight is 164 g/mol. The van der Waals surface area contributed by atoms with Gasteiger partial charge in [-0.2, -0.15) is 0 Å². The second-order valence-corrected chi connectivity index (χ2v) is 2.96. The third kappa shape index (κ3) is 1.10. The van der Waals surface area contributed by atoms with E-state index in [1.165, 1.54) is 0 Å². The molecule has 0 unspecified atom stereocenters. The number of esters is 1. The van der Waals surface area contributed by atoms with Crippen LogP contribution >= 0.6 is 0 Å². The number of halogens is 2. The number of methoxy groups -OCH3 is 1. The fourth-order valence-electron chi connectivity index (χ4n) is 1.14. The van der Waals surface area contributed by atoms with Crippen molar-refractivity contribution in [2.75, 3.05) is 7.11 Å². The van der Waals surface area contributed by atoms with Crippen molar-refractivity contribution in [2.24, 2.45) is 5.41 Å². The first kappa shape index (κ1) is 8.43. The summed E-state index contributed by atoms with van der Waals surface area (Å²) in [6.07, 6.45) is 0.479. The number of alkyl halides is 2. The highest BCUT2D eigenvalue weighted by Crippen LogP contribution is 2.57. The number of hydrogen-bond donors (Lipinski definition) is 0. The molecule has 0 aliphatic heterocycles. The first-order valence-corrected chi connectivity index (χ1v) is 3.40. The zero-order valence-corrected chi connectivity index (χ0v) is 6.49. The summed E-state index contributed by atoms with van der Waals surface area (Å²) in [5, 5.41) is 0. The second kappa shape index (κ2) is 2.16. The maximum atomic E-state index is 12.7. The summed E-state index contributed by atoms with van der Waals surface area (Å²) < 4.78 is 29.7. The first-order chi connectivity index (χ1) is 4.94. The fraction of sp³-hybridized carbons (Fsp3) is 0.857. The van der Waals surface area contributed by atoms with E-state index in [-0.39, 0.29) is 12.8 Å². The molecule has 0 saturated heterocycles. The summed E-state index contributed by atoms with van der Waals surface area (Å²) in [5.74, 6) is -3.73. The van der Waals surface area contributed by atoms with Crippen LogP contribution in [0.25, 0.3) is 0 Å². The Morgan fingerprint density at radius 1 is 1.55 bits per heavy atom. The molecule has 1 fully saturated rings. The number of hydrogen-bond acceptors (Lipinski definition) is 2. The maximum absolute atomic E-state index is 12.7. The van der Waals surface area contributed by atoms with E-state index >= 15 is 0 Å². The second-order valence-electron chi connectivity index (χ2n) is 2.96. The summed E-state index contributed by atoms with van der Waals surface area (Å²) in [6.45, 7) is 0.761. The Morgan fingerprint density at radius 3 is 2.09 bits per heavy atom. The molecule has 0 N–H and O–H groups in total. The van der Waals surface area contributed by atoms with Crippen molar-refractivity contribution >= 4 is 5.97 Å². The first-order valence-electron chi connectivity index (χ1n) is 3.40. The number of carbonyl (C=O) groups is 1. The van der Waals surface area contributed by atoms with Crippen LogP contribution in [0.15, 0.2) is 0 Å². The Morgan fingerprint density at radius 2 is 2.00 bits per heavy atom. The molecule has 1 saturated carbocycles. The van der Waals surface area contributed by atoms with Crippen LogP contribution in [-0.4, -0.2) is 19.0 Å². The SMILES string of the molecule is COC(=O)C1(C(C)(F)F)CC1. The largest absolute Gasteiger partial charge is 0.468 e. The van der Waals surface area contributed by atoms with Gasteiger partial charge in [-0.3, -0.25) is 4.79 Å². The average Bonchev–Trinajstić information content (AvgIpc) is 2.63. The summed E-state index contributed by atoms with van der Waals surface area (Å²) in [4.78, 5) is 10.8. The zero-order valence-electron chi connectivity index (χ0n) is 6.49. The van der Waals surface area contributed by atoms with Crippen LogP contribution in [0.5, 0.6) is 0 Å². The van der Waals surface area contributed by atoms with E-state index in [1.54, 1.807) is 0 Å². The van der Waals surface area contributed by atoms with Crippen LogP contribution in [0.3, 0.4) is 0 Å². The smallest absolute Gasteiger partial charge is 0.317 e. The molecule has 0 aromatic heterocycles. The Balaban J connectivity index is 2.76. The molecule has 1 rings (SSSR count). The standard InChI is InChI=1S/C7H10F2O2/c1-6(8,9)7(3-4-7)5(10)11-2/h3-4H2,1-2H3. The quantitative estimate of drug-likeness (QED) is 0.579. The van der Waals surface area contributed by atoms with E-state index in [4.69, 9.17) is 0 Å². The van der Waals surface area contributed by atoms with Gasteiger partial charge in [-0.1, -0.05) is 0 Å². The molecule has 2 nitrogen and oxygen atoms in total. The van der Waals surface area contributed by atoms with E-state index in [0.717, 1.165) is 14.0 Å². The highest BCUT2D eigenvalue weighted by molar-refractivity contribution is 5.81. The molecular formula is C7H10F2O2. The molecule has 0 amide bonds. The Kier molecular flexibility index (Phi) is 1.65. The number of rotatable bonds is 2. The van der Waals surface area contributed by atoms with Gasteiger partial charge in [0.05, 0.1) is 7.11 Å². The van der Waals surface area contributed by atoms with Crippen molar-refractivity contribution in [1.82, 2.24) is 0 Å². The summed E-state index contributed by atoms with van der Waals surface area (Å²) in [6, 6.07) is 0. The van der Waals surface area contributed by atoms with Gasteiger partial charge < -0.3 is 4.74 Å². The molecule has 0 radical (unpaired) electrons. The zero-order chi connectivity index (χ0) is 8.70. The van der Waals surface area contributed by atoms with Gasteiger partial charge in [-0.05, 0) is 12.8 Å². The minimum absolute atomic E-state index is 0.239. The molecule has 0 aromatic carbocycles. The molecule has 11 heavy (non-hydrogen) atoms. The Hall–Kier alpha value is -0.670. The molecular weight excluding hydrogens is 154 g/mol. The van der Waals surface area contributed by atoms with Gasteiger partial charge in [0.2, 0.25) is 0 Å². The molecule has 0 atom stereocenters. The third-order valence-corrected chi connectivity index (χ3v) is 2.17. The molecule has 1 aliphatic carbocycles. The lowest BCUT2D eigenvalue weighted by Gasteiger charge is -2.19. The predicted octanol–water partition coefficient (Wildman–Crippen LogP) is 1.59. The fourth-order valence-corrected chi connectivity index (χ4v) is 1.14. The van der Waals surface area contributed by atoms with E-state index in [2.05, 4.69) is 4.74 Å². The van der Waals surface area contributed by atoms with Crippen LogP contribution in [0, 0.1) is 5.41 Å². The van der Waals surface area contributed by atoms with Crippen LogP contribution < -0.4 is 0 Å². The van der Waals surface area contributed by atoms with Crippen molar-refractivity contribution in [3.63, 3.8) is 0 Å². The van der Waals surface area contributed by atoms with E-state index < -0.39 is 17.3 Å². The summed E-state index contributed by atoms with van der Waals surface area (Å²) >= 11 is 0. The topological polar surface area (TPSA) is 26.3 Å². The van der Waals surface area contributed by atoms with Crippen LogP contribution in [0.1, 0.15) is 19.8 Å². The lowest BCUT2D eigenvalue weighted by Crippen LogP contribution is -2.34. The molecule has 64 valence electrons. The van der Waals surface area contributed by atoms with Crippen molar-refractivity contribution in [3.05, 3.63) is 0 Å². The lowest BCUT2D eigenvalue weighted by atomic mass is 10.0. The molecule has 0 spiro atoms. The minimum atomic E-state index is -2.94. The number of ether oxygens (including phenoxy) is 1. The van der Waals surface area contributed by atoms with Crippen molar-refractivity contribution in [2.45, 2.75) is 25.7 Å². The normalized spacial score (nSPS) is 21.1. The van der Waals surface area contributed by atoms with Crippen molar-refractivity contribution in [1.29, 1.82) is 0 Å².